The van der Waals surface area contributed by atoms with Crippen LogP contribution >= 0.6 is 0 Å². The highest BCUT2D eigenvalue weighted by atomic mass is 16.3. The average molecular weight is 489 g/mol. The monoisotopic (exact) mass is 488 g/mol. The highest BCUT2D eigenvalue weighted by Gasteiger charge is 2.25. The first-order chi connectivity index (χ1) is 17.7. The molecule has 4 heterocycles. The number of rotatable bonds is 4. The fraction of sp³-hybridized carbons (Fsp3) is 0.281. The molecule has 5 heteroatoms. The molecule has 0 radical (unpaired) electrons. The maximum Gasteiger partial charge on any atom is 0.156 e. The van der Waals surface area contributed by atoms with Crippen LogP contribution in [0.15, 0.2) is 59.1 Å². The maximum absolute atomic E-state index is 6.56. The van der Waals surface area contributed by atoms with Crippen LogP contribution in [0.3, 0.4) is 0 Å². The number of benzene rings is 2. The summed E-state index contributed by atoms with van der Waals surface area (Å²) in [7, 11) is 0. The van der Waals surface area contributed by atoms with Gasteiger partial charge in [-0.05, 0) is 61.9 Å². The van der Waals surface area contributed by atoms with Crippen LogP contribution in [0.5, 0.6) is 0 Å². The highest BCUT2D eigenvalue weighted by Crippen LogP contribution is 2.41. The Balaban J connectivity index is 1.78. The van der Waals surface area contributed by atoms with Crippen LogP contribution in [0.2, 0.25) is 0 Å². The number of pyridine rings is 2. The van der Waals surface area contributed by atoms with Crippen LogP contribution in [0, 0.1) is 20.8 Å². The second kappa shape index (κ2) is 8.55. The zero-order valence-corrected chi connectivity index (χ0v) is 22.5. The Morgan fingerprint density at radius 1 is 0.757 bits per heavy atom. The van der Waals surface area contributed by atoms with E-state index in [0.717, 1.165) is 61.4 Å². The fourth-order valence-electron chi connectivity index (χ4n) is 5.54. The van der Waals surface area contributed by atoms with E-state index in [1.54, 1.807) is 0 Å². The first kappa shape index (κ1) is 23.4. The number of para-hydroxylation sites is 2. The topological polar surface area (TPSA) is 56.7 Å². The van der Waals surface area contributed by atoms with Crippen LogP contribution in [0.1, 0.15) is 67.7 Å². The Hall–Kier alpha value is -3.99. The van der Waals surface area contributed by atoms with Gasteiger partial charge in [-0.25, -0.2) is 4.98 Å². The lowest BCUT2D eigenvalue weighted by molar-refractivity contribution is 0.662. The number of aromatic nitrogens is 4. The van der Waals surface area contributed by atoms with Gasteiger partial charge >= 0.3 is 0 Å². The number of imidazole rings is 1. The molecule has 0 saturated carbocycles. The van der Waals surface area contributed by atoms with Crippen molar-refractivity contribution in [2.75, 3.05) is 0 Å². The molecule has 0 amide bonds. The lowest BCUT2D eigenvalue weighted by atomic mass is 9.92. The number of hydrogen-bond acceptors (Lipinski definition) is 4. The fourth-order valence-corrected chi connectivity index (χ4v) is 5.54. The van der Waals surface area contributed by atoms with E-state index in [1.165, 1.54) is 16.8 Å². The normalized spacial score (nSPS) is 12.1. The summed E-state index contributed by atoms with van der Waals surface area (Å²) in [5.41, 5.74) is 11.2. The van der Waals surface area contributed by atoms with Gasteiger partial charge in [0.15, 0.2) is 5.58 Å². The average Bonchev–Trinajstić information content (AvgIpc) is 3.41. The number of furan rings is 1. The molecule has 2 aromatic carbocycles. The molecule has 6 aromatic rings. The number of nitrogens with zero attached hydrogens (tertiary/aromatic N) is 4. The molecule has 0 atom stereocenters. The van der Waals surface area contributed by atoms with Gasteiger partial charge < -0.3 is 4.42 Å². The summed E-state index contributed by atoms with van der Waals surface area (Å²) in [6.45, 7) is 15.1. The second-order valence-electron chi connectivity index (χ2n) is 10.7. The Kier molecular flexibility index (Phi) is 5.41. The van der Waals surface area contributed by atoms with Gasteiger partial charge in [0, 0.05) is 22.2 Å². The molecule has 0 unspecified atom stereocenters. The van der Waals surface area contributed by atoms with Crippen molar-refractivity contribution in [3.05, 3.63) is 82.9 Å². The zero-order chi connectivity index (χ0) is 26.0. The van der Waals surface area contributed by atoms with Crippen molar-refractivity contribution in [1.29, 1.82) is 0 Å². The van der Waals surface area contributed by atoms with E-state index < -0.39 is 0 Å². The third-order valence-electron chi connectivity index (χ3n) is 7.26. The minimum absolute atomic E-state index is 0.344. The largest absolute Gasteiger partial charge is 0.453 e. The molecule has 0 spiro atoms. The van der Waals surface area contributed by atoms with Gasteiger partial charge in [0.2, 0.25) is 0 Å². The molecule has 186 valence electrons. The van der Waals surface area contributed by atoms with E-state index in [4.69, 9.17) is 9.40 Å². The second-order valence-corrected chi connectivity index (χ2v) is 10.7. The van der Waals surface area contributed by atoms with Gasteiger partial charge in [-0.2, -0.15) is 0 Å². The minimum Gasteiger partial charge on any atom is -0.453 e. The van der Waals surface area contributed by atoms with Crippen molar-refractivity contribution in [2.45, 2.75) is 60.3 Å². The summed E-state index contributed by atoms with van der Waals surface area (Å²) in [5, 5.41) is 2.17. The molecule has 0 aliphatic carbocycles. The van der Waals surface area contributed by atoms with Crippen molar-refractivity contribution in [3.63, 3.8) is 0 Å². The first-order valence-electron chi connectivity index (χ1n) is 13.0. The quantitative estimate of drug-likeness (QED) is 0.249. The molecule has 4 aromatic heterocycles. The summed E-state index contributed by atoms with van der Waals surface area (Å²) < 4.78 is 8.87. The van der Waals surface area contributed by atoms with E-state index in [-0.39, 0.29) is 0 Å². The van der Waals surface area contributed by atoms with Gasteiger partial charge in [-0.1, -0.05) is 58.0 Å². The molecule has 6 rings (SSSR count). The Morgan fingerprint density at radius 2 is 1.46 bits per heavy atom. The van der Waals surface area contributed by atoms with E-state index in [0.29, 0.717) is 11.8 Å². The van der Waals surface area contributed by atoms with Crippen molar-refractivity contribution in [2.24, 2.45) is 0 Å². The molecule has 0 aliphatic heterocycles. The van der Waals surface area contributed by atoms with Gasteiger partial charge in [-0.3, -0.25) is 14.5 Å². The summed E-state index contributed by atoms with van der Waals surface area (Å²) in [5.74, 6) is 1.55. The minimum atomic E-state index is 0.344. The van der Waals surface area contributed by atoms with E-state index in [9.17, 15) is 0 Å². The van der Waals surface area contributed by atoms with Gasteiger partial charge in [0.05, 0.1) is 34.2 Å². The van der Waals surface area contributed by atoms with Crippen molar-refractivity contribution >= 4 is 33.0 Å². The summed E-state index contributed by atoms with van der Waals surface area (Å²) in [4.78, 5) is 14.6. The van der Waals surface area contributed by atoms with E-state index >= 15 is 0 Å². The molecular formula is C32H32N4O. The molecule has 0 aliphatic rings. The molecule has 5 nitrogen and oxygen atoms in total. The zero-order valence-electron chi connectivity index (χ0n) is 22.5. The Bertz CT molecular complexity index is 1790. The van der Waals surface area contributed by atoms with Crippen LogP contribution in [-0.4, -0.2) is 19.5 Å². The van der Waals surface area contributed by atoms with Gasteiger partial charge in [0.25, 0.3) is 0 Å². The molecule has 0 bridgehead atoms. The lowest BCUT2D eigenvalue weighted by Crippen LogP contribution is -2.08. The summed E-state index contributed by atoms with van der Waals surface area (Å²) >= 11 is 0. The van der Waals surface area contributed by atoms with Gasteiger partial charge in [0.1, 0.15) is 11.4 Å². The van der Waals surface area contributed by atoms with Crippen LogP contribution < -0.4 is 0 Å². The van der Waals surface area contributed by atoms with Crippen LogP contribution in [0.4, 0.5) is 0 Å². The van der Waals surface area contributed by atoms with Crippen LogP contribution in [0.25, 0.3) is 50.0 Å². The van der Waals surface area contributed by atoms with E-state index in [1.807, 2.05) is 27.0 Å². The van der Waals surface area contributed by atoms with Crippen LogP contribution in [-0.2, 0) is 0 Å². The predicted octanol–water partition coefficient (Wildman–Crippen LogP) is 8.55. The van der Waals surface area contributed by atoms with Crippen molar-refractivity contribution < 1.29 is 4.42 Å². The maximum atomic E-state index is 6.56. The third kappa shape index (κ3) is 3.64. The molecule has 0 fully saturated rings. The standard InChI is InChI=1S/C32H32N4O/c1-17(2)22-10-8-11-23(18(3)4)29(22)36-28-16-33-19(5)15-27(28)35-32(36)25-13-9-12-24-26-14-20(6)34-21(7)30(26)37-31(24)25/h8-18H,1-7H3. The Morgan fingerprint density at radius 3 is 2.16 bits per heavy atom. The highest BCUT2D eigenvalue weighted by molar-refractivity contribution is 6.10. The number of aryl methyl sites for hydroxylation is 3. The van der Waals surface area contributed by atoms with E-state index in [2.05, 4.69) is 90.8 Å². The predicted molar refractivity (Wildman–Crippen MR) is 152 cm³/mol. The number of hydrogen-bond donors (Lipinski definition) is 0. The summed E-state index contributed by atoms with van der Waals surface area (Å²) in [6.07, 6.45) is 1.96. The molecule has 37 heavy (non-hydrogen) atoms. The Labute approximate surface area is 217 Å². The number of fused-ring (bicyclic) bond motifs is 4. The smallest absolute Gasteiger partial charge is 0.156 e. The lowest BCUT2D eigenvalue weighted by Gasteiger charge is -2.22. The SMILES string of the molecule is Cc1cc2nc(-c3cccc4c3oc3c(C)nc(C)cc34)n(-c3c(C(C)C)cccc3C(C)C)c2cn1. The first-order valence-corrected chi connectivity index (χ1v) is 13.0. The third-order valence-corrected chi connectivity index (χ3v) is 7.26. The van der Waals surface area contributed by atoms with Crippen molar-refractivity contribution in [3.8, 4) is 17.1 Å². The molecular weight excluding hydrogens is 456 g/mol. The van der Waals surface area contributed by atoms with Crippen molar-refractivity contribution in [1.82, 2.24) is 19.5 Å². The molecule has 0 saturated heterocycles. The summed E-state index contributed by atoms with van der Waals surface area (Å²) in [6, 6.07) is 17.2. The van der Waals surface area contributed by atoms with Gasteiger partial charge in [-0.15, -0.1) is 0 Å². The molecule has 0 N–H and O–H groups in total.